The maximum absolute atomic E-state index is 13.4. The van der Waals surface area contributed by atoms with Crippen LogP contribution in [0.4, 0.5) is 10.1 Å². The average molecular weight is 441 g/mol. The fraction of sp³-hybridized carbons (Fsp3) is 0.0909. The van der Waals surface area contributed by atoms with Crippen molar-refractivity contribution in [1.82, 2.24) is 5.43 Å². The molecule has 3 aromatic carbocycles. The lowest BCUT2D eigenvalue weighted by Crippen LogP contribution is -2.39. The van der Waals surface area contributed by atoms with Gasteiger partial charge in [0.05, 0.1) is 16.3 Å². The normalized spacial score (nSPS) is 11.7. The van der Waals surface area contributed by atoms with Gasteiger partial charge < -0.3 is 5.11 Å². The molecule has 7 nitrogen and oxygen atoms in total. The molecule has 0 saturated carbocycles. The van der Waals surface area contributed by atoms with E-state index in [1.54, 1.807) is 43.3 Å². The van der Waals surface area contributed by atoms with Gasteiger partial charge in [0, 0.05) is 5.56 Å². The first-order chi connectivity index (χ1) is 14.8. The summed E-state index contributed by atoms with van der Waals surface area (Å²) in [5.74, 6) is -1.25. The Labute approximate surface area is 179 Å². The topological polar surface area (TPSA) is 99.1 Å². The van der Waals surface area contributed by atoms with Crippen LogP contribution in [0.5, 0.6) is 5.75 Å². The van der Waals surface area contributed by atoms with E-state index in [1.165, 1.54) is 30.3 Å². The molecule has 0 spiro atoms. The third kappa shape index (κ3) is 5.26. The summed E-state index contributed by atoms with van der Waals surface area (Å²) in [6, 6.07) is 18.9. The van der Waals surface area contributed by atoms with Gasteiger partial charge in [-0.1, -0.05) is 30.3 Å². The van der Waals surface area contributed by atoms with Crippen molar-refractivity contribution in [3.8, 4) is 5.75 Å². The minimum atomic E-state index is -4.10. The second-order valence-electron chi connectivity index (χ2n) is 6.55. The van der Waals surface area contributed by atoms with Gasteiger partial charge in [0.15, 0.2) is 0 Å². The Kier molecular flexibility index (Phi) is 6.66. The number of hydrogen-bond donors (Lipinski definition) is 2. The van der Waals surface area contributed by atoms with Crippen molar-refractivity contribution in [2.45, 2.75) is 11.8 Å². The van der Waals surface area contributed by atoms with Crippen molar-refractivity contribution in [1.29, 1.82) is 0 Å². The summed E-state index contributed by atoms with van der Waals surface area (Å²) in [4.78, 5) is 12.5. The molecule has 2 N–H and O–H groups in total. The SMILES string of the molecule is C/C(=N/NC(=O)CN(c1ccc(F)cc1)S(=O)(=O)c1ccccc1)c1ccccc1O. The molecule has 0 bridgehead atoms. The number of phenols is 1. The van der Waals surface area contributed by atoms with Gasteiger partial charge in [-0.2, -0.15) is 5.10 Å². The number of carbonyl (C=O) groups is 1. The van der Waals surface area contributed by atoms with E-state index < -0.39 is 28.3 Å². The third-order valence-electron chi connectivity index (χ3n) is 4.38. The van der Waals surface area contributed by atoms with E-state index in [0.717, 1.165) is 16.4 Å². The molecule has 0 atom stereocenters. The lowest BCUT2D eigenvalue weighted by molar-refractivity contribution is -0.119. The summed E-state index contributed by atoms with van der Waals surface area (Å²) in [7, 11) is -4.10. The Morgan fingerprint density at radius 2 is 1.61 bits per heavy atom. The summed E-state index contributed by atoms with van der Waals surface area (Å²) in [5, 5.41) is 13.8. The zero-order valence-corrected chi connectivity index (χ0v) is 17.4. The van der Waals surface area contributed by atoms with Crippen LogP contribution in [-0.4, -0.2) is 31.7 Å². The molecule has 0 aromatic heterocycles. The minimum Gasteiger partial charge on any atom is -0.507 e. The highest BCUT2D eigenvalue weighted by molar-refractivity contribution is 7.92. The van der Waals surface area contributed by atoms with Gasteiger partial charge in [-0.15, -0.1) is 0 Å². The molecule has 9 heteroatoms. The van der Waals surface area contributed by atoms with Crippen LogP contribution >= 0.6 is 0 Å². The van der Waals surface area contributed by atoms with Gasteiger partial charge in [-0.05, 0) is 55.5 Å². The number of hydrazone groups is 1. The van der Waals surface area contributed by atoms with E-state index in [9.17, 15) is 22.7 Å². The number of halogens is 1. The Hall–Kier alpha value is -3.72. The zero-order chi connectivity index (χ0) is 22.4. The van der Waals surface area contributed by atoms with Crippen molar-refractivity contribution in [2.24, 2.45) is 5.10 Å². The van der Waals surface area contributed by atoms with Gasteiger partial charge in [0.1, 0.15) is 18.1 Å². The number of carbonyl (C=O) groups excluding carboxylic acids is 1. The summed E-state index contributed by atoms with van der Waals surface area (Å²) in [6.07, 6.45) is 0. The monoisotopic (exact) mass is 441 g/mol. The maximum atomic E-state index is 13.4. The molecule has 0 fully saturated rings. The molecule has 0 unspecified atom stereocenters. The molecule has 0 heterocycles. The van der Waals surface area contributed by atoms with Crippen LogP contribution in [0.1, 0.15) is 12.5 Å². The lowest BCUT2D eigenvalue weighted by Gasteiger charge is -2.23. The Morgan fingerprint density at radius 1 is 1.00 bits per heavy atom. The summed E-state index contributed by atoms with van der Waals surface area (Å²) >= 11 is 0. The molecule has 0 aliphatic carbocycles. The molecule has 0 aliphatic rings. The van der Waals surface area contributed by atoms with Gasteiger partial charge >= 0.3 is 0 Å². The molecule has 160 valence electrons. The van der Waals surface area contributed by atoms with Crippen molar-refractivity contribution < 1.29 is 22.7 Å². The first-order valence-corrected chi connectivity index (χ1v) is 10.7. The van der Waals surface area contributed by atoms with Crippen LogP contribution in [0, 0.1) is 5.82 Å². The van der Waals surface area contributed by atoms with Crippen LogP contribution in [-0.2, 0) is 14.8 Å². The van der Waals surface area contributed by atoms with Gasteiger partial charge in [0.25, 0.3) is 15.9 Å². The van der Waals surface area contributed by atoms with E-state index in [4.69, 9.17) is 0 Å². The number of aromatic hydroxyl groups is 1. The van der Waals surface area contributed by atoms with Crippen LogP contribution in [0.25, 0.3) is 0 Å². The molecule has 3 aromatic rings. The van der Waals surface area contributed by atoms with Gasteiger partial charge in [-0.25, -0.2) is 18.2 Å². The van der Waals surface area contributed by atoms with Crippen molar-refractivity contribution in [3.05, 3.63) is 90.2 Å². The minimum absolute atomic E-state index is 0.00223. The Morgan fingerprint density at radius 3 is 2.26 bits per heavy atom. The molecular weight excluding hydrogens is 421 g/mol. The smallest absolute Gasteiger partial charge is 0.264 e. The molecule has 3 rings (SSSR count). The number of phenolic OH excluding ortho intramolecular Hbond substituents is 1. The van der Waals surface area contributed by atoms with E-state index in [-0.39, 0.29) is 16.3 Å². The van der Waals surface area contributed by atoms with Crippen molar-refractivity contribution in [3.63, 3.8) is 0 Å². The second-order valence-corrected chi connectivity index (χ2v) is 8.41. The van der Waals surface area contributed by atoms with Crippen LogP contribution < -0.4 is 9.73 Å². The number of benzene rings is 3. The quantitative estimate of drug-likeness (QED) is 0.434. The van der Waals surface area contributed by atoms with E-state index in [1.807, 2.05) is 0 Å². The fourth-order valence-corrected chi connectivity index (χ4v) is 4.24. The molecule has 31 heavy (non-hydrogen) atoms. The second kappa shape index (κ2) is 9.40. The zero-order valence-electron chi connectivity index (χ0n) is 16.6. The maximum Gasteiger partial charge on any atom is 0.264 e. The van der Waals surface area contributed by atoms with E-state index in [2.05, 4.69) is 10.5 Å². The van der Waals surface area contributed by atoms with Crippen LogP contribution in [0.2, 0.25) is 0 Å². The Balaban J connectivity index is 1.87. The first kappa shape index (κ1) is 22.0. The predicted octanol–water partition coefficient (Wildman–Crippen LogP) is 3.27. The number of anilines is 1. The number of nitrogens with one attached hydrogen (secondary N) is 1. The van der Waals surface area contributed by atoms with Crippen molar-refractivity contribution >= 4 is 27.3 Å². The standard InChI is InChI=1S/C22H20FN3O4S/c1-16(20-9-5-6-10-21(20)27)24-25-22(28)15-26(18-13-11-17(23)12-14-18)31(29,30)19-7-3-2-4-8-19/h2-14,27H,15H2,1H3,(H,25,28)/b24-16-. The summed E-state index contributed by atoms with van der Waals surface area (Å²) < 4.78 is 40.5. The molecule has 0 aliphatic heterocycles. The van der Waals surface area contributed by atoms with E-state index >= 15 is 0 Å². The number of para-hydroxylation sites is 1. The first-order valence-electron chi connectivity index (χ1n) is 9.24. The highest BCUT2D eigenvalue weighted by Gasteiger charge is 2.27. The molecule has 0 saturated heterocycles. The number of amides is 1. The molecule has 1 amide bonds. The highest BCUT2D eigenvalue weighted by atomic mass is 32.2. The van der Waals surface area contributed by atoms with Crippen LogP contribution in [0.15, 0.2) is 88.9 Å². The van der Waals surface area contributed by atoms with Gasteiger partial charge in [-0.3, -0.25) is 9.10 Å². The largest absolute Gasteiger partial charge is 0.507 e. The van der Waals surface area contributed by atoms with Crippen molar-refractivity contribution in [2.75, 3.05) is 10.8 Å². The predicted molar refractivity (Wildman–Crippen MR) is 116 cm³/mol. The number of hydrogen-bond acceptors (Lipinski definition) is 5. The Bertz CT molecular complexity index is 1200. The molecule has 0 radical (unpaired) electrons. The lowest BCUT2D eigenvalue weighted by atomic mass is 10.1. The van der Waals surface area contributed by atoms with Gasteiger partial charge in [0.2, 0.25) is 0 Å². The van der Waals surface area contributed by atoms with Crippen LogP contribution in [0.3, 0.4) is 0 Å². The third-order valence-corrected chi connectivity index (χ3v) is 6.16. The summed E-state index contributed by atoms with van der Waals surface area (Å²) in [6.45, 7) is 1.01. The number of nitrogens with zero attached hydrogens (tertiary/aromatic N) is 2. The fourth-order valence-electron chi connectivity index (χ4n) is 2.79. The molecular formula is C22H20FN3O4S. The number of sulfonamides is 1. The highest BCUT2D eigenvalue weighted by Crippen LogP contribution is 2.23. The summed E-state index contributed by atoms with van der Waals surface area (Å²) in [5.41, 5.74) is 3.19. The number of rotatable bonds is 7. The average Bonchev–Trinajstić information content (AvgIpc) is 2.77. The van der Waals surface area contributed by atoms with E-state index in [0.29, 0.717) is 11.3 Å².